The molecule has 1 aromatic carbocycles. The summed E-state index contributed by atoms with van der Waals surface area (Å²) in [5.74, 6) is -0.405. The lowest BCUT2D eigenvalue weighted by Crippen LogP contribution is -2.36. The summed E-state index contributed by atoms with van der Waals surface area (Å²) in [4.78, 5) is 11.8. The molecule has 88 valence electrons. The summed E-state index contributed by atoms with van der Waals surface area (Å²) in [7, 11) is 0. The quantitative estimate of drug-likeness (QED) is 0.718. The summed E-state index contributed by atoms with van der Waals surface area (Å²) in [6.45, 7) is 3.62. The van der Waals surface area contributed by atoms with E-state index in [2.05, 4.69) is 5.32 Å². The molecular formula is C12H17NO3. The van der Waals surface area contributed by atoms with Crippen LogP contribution >= 0.6 is 0 Å². The number of amides is 1. The lowest BCUT2D eigenvalue weighted by atomic mass is 10.1. The van der Waals surface area contributed by atoms with E-state index >= 15 is 0 Å². The van der Waals surface area contributed by atoms with Gasteiger partial charge in [-0.15, -0.1) is 0 Å². The summed E-state index contributed by atoms with van der Waals surface area (Å²) >= 11 is 0. The Kier molecular flexibility index (Phi) is 4.31. The first kappa shape index (κ1) is 12.5. The minimum atomic E-state index is -0.359. The van der Waals surface area contributed by atoms with Gasteiger partial charge in [-0.05, 0) is 25.5 Å². The number of nitrogens with one attached hydrogen (secondary N) is 1. The first-order valence-corrected chi connectivity index (χ1v) is 5.29. The molecule has 4 nitrogen and oxygen atoms in total. The van der Waals surface area contributed by atoms with Crippen LogP contribution in [-0.4, -0.2) is 28.8 Å². The van der Waals surface area contributed by atoms with Gasteiger partial charge in [0.2, 0.25) is 0 Å². The van der Waals surface area contributed by atoms with E-state index in [-0.39, 0.29) is 29.9 Å². The van der Waals surface area contributed by atoms with Gasteiger partial charge >= 0.3 is 0 Å². The van der Waals surface area contributed by atoms with E-state index < -0.39 is 0 Å². The number of aromatic hydroxyl groups is 1. The van der Waals surface area contributed by atoms with Crippen molar-refractivity contribution in [3.8, 4) is 5.75 Å². The molecule has 1 amide bonds. The lowest BCUT2D eigenvalue weighted by Gasteiger charge is -2.14. The van der Waals surface area contributed by atoms with Crippen molar-refractivity contribution >= 4 is 5.91 Å². The molecule has 0 aliphatic rings. The number of carbonyl (C=O) groups excluding carboxylic acids is 1. The molecule has 0 fully saturated rings. The Balaban J connectivity index is 2.83. The second-order valence-electron chi connectivity index (χ2n) is 3.78. The van der Waals surface area contributed by atoms with Crippen LogP contribution in [0.4, 0.5) is 0 Å². The maximum Gasteiger partial charge on any atom is 0.255 e. The number of phenols is 1. The Bertz CT molecular complexity index is 373. The van der Waals surface area contributed by atoms with E-state index in [1.165, 1.54) is 6.07 Å². The highest BCUT2D eigenvalue weighted by Gasteiger charge is 2.14. The van der Waals surface area contributed by atoms with Crippen LogP contribution in [0.25, 0.3) is 0 Å². The van der Waals surface area contributed by atoms with E-state index in [0.29, 0.717) is 6.42 Å². The Morgan fingerprint density at radius 1 is 1.50 bits per heavy atom. The number of carbonyl (C=O) groups is 1. The zero-order valence-electron chi connectivity index (χ0n) is 9.53. The van der Waals surface area contributed by atoms with Crippen molar-refractivity contribution in [3.05, 3.63) is 29.3 Å². The van der Waals surface area contributed by atoms with Crippen molar-refractivity contribution in [3.63, 3.8) is 0 Å². The van der Waals surface area contributed by atoms with Crippen LogP contribution in [-0.2, 0) is 0 Å². The van der Waals surface area contributed by atoms with Crippen LogP contribution < -0.4 is 5.32 Å². The lowest BCUT2D eigenvalue weighted by molar-refractivity contribution is 0.0912. The molecule has 16 heavy (non-hydrogen) atoms. The molecule has 0 aliphatic carbocycles. The van der Waals surface area contributed by atoms with Crippen molar-refractivity contribution < 1.29 is 15.0 Å². The third-order valence-corrected chi connectivity index (χ3v) is 2.45. The van der Waals surface area contributed by atoms with Crippen LogP contribution in [0.5, 0.6) is 5.75 Å². The highest BCUT2D eigenvalue weighted by Crippen LogP contribution is 2.18. The number of aliphatic hydroxyl groups excluding tert-OH is 1. The van der Waals surface area contributed by atoms with E-state index in [4.69, 9.17) is 5.11 Å². The van der Waals surface area contributed by atoms with Gasteiger partial charge in [-0.25, -0.2) is 0 Å². The van der Waals surface area contributed by atoms with E-state index in [9.17, 15) is 9.90 Å². The number of hydrogen-bond donors (Lipinski definition) is 3. The molecule has 1 atom stereocenters. The normalized spacial score (nSPS) is 12.2. The van der Waals surface area contributed by atoms with Crippen LogP contribution in [0.1, 0.15) is 29.3 Å². The molecule has 1 aromatic rings. The average Bonchev–Trinajstić information content (AvgIpc) is 2.28. The number of hydrogen-bond acceptors (Lipinski definition) is 3. The van der Waals surface area contributed by atoms with Crippen LogP contribution in [0.3, 0.4) is 0 Å². The van der Waals surface area contributed by atoms with Gasteiger partial charge < -0.3 is 15.5 Å². The maximum atomic E-state index is 11.8. The largest absolute Gasteiger partial charge is 0.507 e. The number of aryl methyl sites for hydroxylation is 1. The van der Waals surface area contributed by atoms with Crippen molar-refractivity contribution in [2.24, 2.45) is 0 Å². The summed E-state index contributed by atoms with van der Waals surface area (Å²) in [6.07, 6.45) is 0.648. The topological polar surface area (TPSA) is 69.6 Å². The number of phenolic OH excluding ortho intramolecular Hbond substituents is 1. The molecule has 3 N–H and O–H groups in total. The average molecular weight is 223 g/mol. The zero-order valence-corrected chi connectivity index (χ0v) is 9.53. The van der Waals surface area contributed by atoms with E-state index in [1.807, 2.05) is 13.8 Å². The molecule has 0 saturated carbocycles. The third kappa shape index (κ3) is 2.97. The summed E-state index contributed by atoms with van der Waals surface area (Å²) < 4.78 is 0. The predicted octanol–water partition coefficient (Wildman–Crippen LogP) is 1.20. The minimum absolute atomic E-state index is 0.0455. The fourth-order valence-electron chi connectivity index (χ4n) is 1.37. The first-order chi connectivity index (χ1) is 7.58. The van der Waals surface area contributed by atoms with Gasteiger partial charge in [0.1, 0.15) is 5.75 Å². The summed E-state index contributed by atoms with van der Waals surface area (Å²) in [6, 6.07) is 4.57. The highest BCUT2D eigenvalue weighted by atomic mass is 16.3. The second kappa shape index (κ2) is 5.51. The molecule has 0 aliphatic heterocycles. The zero-order chi connectivity index (χ0) is 12.1. The smallest absolute Gasteiger partial charge is 0.255 e. The molecule has 0 spiro atoms. The van der Waals surface area contributed by atoms with Crippen molar-refractivity contribution in [2.75, 3.05) is 6.61 Å². The Morgan fingerprint density at radius 3 is 2.75 bits per heavy atom. The fraction of sp³-hybridized carbons (Fsp3) is 0.417. The minimum Gasteiger partial charge on any atom is -0.507 e. The summed E-state index contributed by atoms with van der Waals surface area (Å²) in [5.41, 5.74) is 1.15. The van der Waals surface area contributed by atoms with Gasteiger partial charge in [0.05, 0.1) is 18.2 Å². The SMILES string of the molecule is CCC(CO)NC(=O)c1cc(C)ccc1O. The molecule has 0 radical (unpaired) electrons. The first-order valence-electron chi connectivity index (χ1n) is 5.29. The Hall–Kier alpha value is -1.55. The molecular weight excluding hydrogens is 206 g/mol. The Labute approximate surface area is 94.9 Å². The molecule has 0 aromatic heterocycles. The maximum absolute atomic E-state index is 11.8. The van der Waals surface area contributed by atoms with Gasteiger partial charge in [0.25, 0.3) is 5.91 Å². The monoisotopic (exact) mass is 223 g/mol. The van der Waals surface area contributed by atoms with Gasteiger partial charge in [-0.1, -0.05) is 18.6 Å². The molecule has 0 heterocycles. The Morgan fingerprint density at radius 2 is 2.19 bits per heavy atom. The molecule has 1 rings (SSSR count). The van der Waals surface area contributed by atoms with Gasteiger partial charge in [0, 0.05) is 0 Å². The van der Waals surface area contributed by atoms with Crippen molar-refractivity contribution in [1.82, 2.24) is 5.32 Å². The van der Waals surface area contributed by atoms with Crippen LogP contribution in [0, 0.1) is 6.92 Å². The molecule has 0 saturated heterocycles. The number of rotatable bonds is 4. The van der Waals surface area contributed by atoms with E-state index in [0.717, 1.165) is 5.56 Å². The van der Waals surface area contributed by atoms with Gasteiger partial charge in [-0.3, -0.25) is 4.79 Å². The van der Waals surface area contributed by atoms with Crippen molar-refractivity contribution in [2.45, 2.75) is 26.3 Å². The molecule has 0 bridgehead atoms. The fourth-order valence-corrected chi connectivity index (χ4v) is 1.37. The molecule has 1 unspecified atom stereocenters. The predicted molar refractivity (Wildman–Crippen MR) is 61.5 cm³/mol. The van der Waals surface area contributed by atoms with Gasteiger partial charge in [0.15, 0.2) is 0 Å². The van der Waals surface area contributed by atoms with Crippen molar-refractivity contribution in [1.29, 1.82) is 0 Å². The molecule has 4 heteroatoms. The summed E-state index contributed by atoms with van der Waals surface area (Å²) in [5, 5.41) is 21.2. The van der Waals surface area contributed by atoms with Crippen LogP contribution in [0.15, 0.2) is 18.2 Å². The number of benzene rings is 1. The highest BCUT2D eigenvalue weighted by molar-refractivity contribution is 5.97. The van der Waals surface area contributed by atoms with E-state index in [1.54, 1.807) is 12.1 Å². The second-order valence-corrected chi connectivity index (χ2v) is 3.78. The third-order valence-electron chi connectivity index (χ3n) is 2.45. The van der Waals surface area contributed by atoms with Gasteiger partial charge in [-0.2, -0.15) is 0 Å². The number of aliphatic hydroxyl groups is 1. The van der Waals surface area contributed by atoms with Crippen LogP contribution in [0.2, 0.25) is 0 Å². The standard InChI is InChI=1S/C12H17NO3/c1-3-9(7-14)13-12(16)10-6-8(2)4-5-11(10)15/h4-6,9,14-15H,3,7H2,1-2H3,(H,13,16).